The van der Waals surface area contributed by atoms with Gasteiger partial charge in [0, 0.05) is 0 Å². The summed E-state index contributed by atoms with van der Waals surface area (Å²) in [5, 5.41) is 5.24. The van der Waals surface area contributed by atoms with Gasteiger partial charge in [-0.25, -0.2) is 0 Å². The summed E-state index contributed by atoms with van der Waals surface area (Å²) in [5.74, 6) is 0. The predicted molar refractivity (Wildman–Crippen MR) is 101 cm³/mol. The molecule has 0 aliphatic heterocycles. The number of rotatable bonds is 2. The first-order valence-electron chi connectivity index (χ1n) is 7.17. The van der Waals surface area contributed by atoms with Crippen molar-refractivity contribution < 1.29 is 0 Å². The second-order valence-corrected chi connectivity index (χ2v) is 8.19. The van der Waals surface area contributed by atoms with Gasteiger partial charge in [-0.2, -0.15) is 0 Å². The fraction of sp³-hybridized carbons (Fsp3) is 0. The molecule has 0 saturated heterocycles. The molecule has 2 heteroatoms. The maximum absolute atomic E-state index is 3.72. The second-order valence-electron chi connectivity index (χ2n) is 5.26. The van der Waals surface area contributed by atoms with Crippen LogP contribution in [0.5, 0.6) is 0 Å². The molecule has 0 aliphatic carbocycles. The molecule has 0 nitrogen and oxygen atoms in total. The Bertz CT molecular complexity index is 970. The van der Waals surface area contributed by atoms with Crippen LogP contribution in [0, 0.1) is 0 Å². The van der Waals surface area contributed by atoms with Gasteiger partial charge in [-0.05, 0) is 0 Å². The van der Waals surface area contributed by atoms with Crippen LogP contribution in [0.3, 0.4) is 0 Å². The van der Waals surface area contributed by atoms with Crippen LogP contribution in [0.2, 0.25) is 0 Å². The molecule has 0 fully saturated rings. The Balaban J connectivity index is 2.16. The zero-order valence-electron chi connectivity index (χ0n) is 11.8. The van der Waals surface area contributed by atoms with E-state index >= 15 is 0 Å². The van der Waals surface area contributed by atoms with E-state index in [1.807, 2.05) is 0 Å². The maximum atomic E-state index is 3.72. The van der Waals surface area contributed by atoms with Gasteiger partial charge in [0.15, 0.2) is 0 Å². The molecule has 0 aliphatic rings. The van der Waals surface area contributed by atoms with E-state index in [-0.39, 0.29) is 13.1 Å². The summed E-state index contributed by atoms with van der Waals surface area (Å²) in [6.07, 6.45) is 0. The van der Waals surface area contributed by atoms with Crippen molar-refractivity contribution in [2.24, 2.45) is 0 Å². The SMILES string of the molecule is Br[Se]c1ccc2ccccc2c1-c1cccc2ccccc12. The molecule has 0 radical (unpaired) electrons. The van der Waals surface area contributed by atoms with Crippen molar-refractivity contribution in [1.29, 1.82) is 0 Å². The molecule has 0 saturated carbocycles. The first-order chi connectivity index (χ1) is 10.9. The summed E-state index contributed by atoms with van der Waals surface area (Å²) in [6, 6.07) is 28.3. The fourth-order valence-corrected chi connectivity index (χ4v) is 5.31. The third-order valence-corrected chi connectivity index (χ3v) is 6.91. The Hall–Kier alpha value is -1.60. The van der Waals surface area contributed by atoms with Crippen molar-refractivity contribution in [1.82, 2.24) is 0 Å². The molecule has 0 amide bonds. The van der Waals surface area contributed by atoms with Gasteiger partial charge < -0.3 is 0 Å². The van der Waals surface area contributed by atoms with Crippen molar-refractivity contribution in [2.75, 3.05) is 0 Å². The first-order valence-corrected chi connectivity index (χ1v) is 12.0. The van der Waals surface area contributed by atoms with Gasteiger partial charge in [-0.3, -0.25) is 0 Å². The monoisotopic (exact) mass is 412 g/mol. The van der Waals surface area contributed by atoms with Crippen LogP contribution < -0.4 is 4.46 Å². The second kappa shape index (κ2) is 5.89. The Morgan fingerprint density at radius 3 is 2.00 bits per heavy atom. The summed E-state index contributed by atoms with van der Waals surface area (Å²) in [6.45, 7) is 0. The molecule has 0 unspecified atom stereocenters. The summed E-state index contributed by atoms with van der Waals surface area (Å²) < 4.78 is 1.39. The van der Waals surface area contributed by atoms with Gasteiger partial charge in [0.05, 0.1) is 0 Å². The third-order valence-electron chi connectivity index (χ3n) is 4.03. The standard InChI is InChI=1S/C20H13BrSe/c21-22-19-13-12-15-7-2-4-10-17(15)20(19)18-11-5-8-14-6-1-3-9-16(14)18/h1-13H. The molecule has 22 heavy (non-hydrogen) atoms. The van der Waals surface area contributed by atoms with Crippen molar-refractivity contribution in [3.63, 3.8) is 0 Å². The van der Waals surface area contributed by atoms with Crippen LogP contribution in [-0.4, -0.2) is 13.1 Å². The van der Waals surface area contributed by atoms with Gasteiger partial charge in [-0.1, -0.05) is 0 Å². The van der Waals surface area contributed by atoms with Gasteiger partial charge in [0.2, 0.25) is 0 Å². The molecule has 0 spiro atoms. The number of benzene rings is 4. The molecule has 0 aromatic heterocycles. The van der Waals surface area contributed by atoms with E-state index in [9.17, 15) is 0 Å². The molecule has 4 aromatic rings. The number of fused-ring (bicyclic) bond motifs is 2. The number of hydrogen-bond donors (Lipinski definition) is 0. The van der Waals surface area contributed by atoms with Crippen molar-refractivity contribution in [2.45, 2.75) is 0 Å². The molecular weight excluding hydrogens is 399 g/mol. The zero-order chi connectivity index (χ0) is 14.9. The van der Waals surface area contributed by atoms with E-state index in [1.165, 1.54) is 37.1 Å². The van der Waals surface area contributed by atoms with E-state index in [4.69, 9.17) is 0 Å². The molecule has 4 rings (SSSR count). The van der Waals surface area contributed by atoms with Gasteiger partial charge >= 0.3 is 143 Å². The molecule has 4 aromatic carbocycles. The van der Waals surface area contributed by atoms with Gasteiger partial charge in [-0.15, -0.1) is 0 Å². The number of hydrogen-bond acceptors (Lipinski definition) is 0. The molecule has 0 atom stereocenters. The van der Waals surface area contributed by atoms with Crippen LogP contribution in [0.15, 0.2) is 78.9 Å². The van der Waals surface area contributed by atoms with Gasteiger partial charge in [0.25, 0.3) is 0 Å². The normalized spacial score (nSPS) is 11.1. The van der Waals surface area contributed by atoms with Crippen molar-refractivity contribution in [3.8, 4) is 11.1 Å². The average molecular weight is 412 g/mol. The quantitative estimate of drug-likeness (QED) is 0.392. The summed E-state index contributed by atoms with van der Waals surface area (Å²) in [4.78, 5) is 0. The minimum absolute atomic E-state index is 0.281. The Labute approximate surface area is 143 Å². The van der Waals surface area contributed by atoms with Crippen molar-refractivity contribution in [3.05, 3.63) is 78.9 Å². The predicted octanol–water partition coefficient (Wildman–Crippen LogP) is 5.30. The van der Waals surface area contributed by atoms with E-state index < -0.39 is 0 Å². The summed E-state index contributed by atoms with van der Waals surface area (Å²) in [7, 11) is 0. The van der Waals surface area contributed by atoms with Crippen LogP contribution in [0.25, 0.3) is 32.7 Å². The van der Waals surface area contributed by atoms with E-state index in [1.54, 1.807) is 0 Å². The van der Waals surface area contributed by atoms with Crippen LogP contribution >= 0.6 is 14.1 Å². The Morgan fingerprint density at radius 2 is 1.23 bits per heavy atom. The Morgan fingerprint density at radius 1 is 0.591 bits per heavy atom. The topological polar surface area (TPSA) is 0 Å². The van der Waals surface area contributed by atoms with E-state index in [0.29, 0.717) is 0 Å². The Kier molecular flexibility index (Phi) is 3.75. The molecule has 0 bridgehead atoms. The summed E-state index contributed by atoms with van der Waals surface area (Å²) in [5.41, 5.74) is 2.69. The fourth-order valence-electron chi connectivity index (χ4n) is 3.04. The van der Waals surface area contributed by atoms with E-state index in [2.05, 4.69) is 93.0 Å². The zero-order valence-corrected chi connectivity index (χ0v) is 15.1. The van der Waals surface area contributed by atoms with Crippen molar-refractivity contribution >= 4 is 53.3 Å². The molecular formula is C20H13BrSe. The molecule has 0 N–H and O–H groups in total. The van der Waals surface area contributed by atoms with Crippen LogP contribution in [-0.2, 0) is 0 Å². The third kappa shape index (κ3) is 2.28. The minimum atomic E-state index is 0.281. The van der Waals surface area contributed by atoms with Gasteiger partial charge in [0.1, 0.15) is 0 Å². The van der Waals surface area contributed by atoms with Crippen LogP contribution in [0.4, 0.5) is 0 Å². The molecule has 0 heterocycles. The average Bonchev–Trinajstić information content (AvgIpc) is 2.60. The van der Waals surface area contributed by atoms with E-state index in [0.717, 1.165) is 0 Å². The van der Waals surface area contributed by atoms with Crippen LogP contribution in [0.1, 0.15) is 0 Å². The molecule has 106 valence electrons. The number of halogens is 1. The first kappa shape index (κ1) is 14.0. The summed E-state index contributed by atoms with van der Waals surface area (Å²) >= 11 is 4.00.